The summed E-state index contributed by atoms with van der Waals surface area (Å²) in [5, 5.41) is 0.992. The predicted molar refractivity (Wildman–Crippen MR) is 103 cm³/mol. The van der Waals surface area contributed by atoms with Crippen molar-refractivity contribution in [2.75, 3.05) is 38.2 Å². The molecular formula is C21H21N3O2. The van der Waals surface area contributed by atoms with Crippen molar-refractivity contribution >= 4 is 22.5 Å². The Morgan fingerprint density at radius 3 is 2.54 bits per heavy atom. The zero-order valence-electron chi connectivity index (χ0n) is 14.8. The molecule has 4 rings (SSSR count). The first-order valence-electron chi connectivity index (χ1n) is 8.78. The number of carbonyl (C=O) groups excluding carboxylic acids is 1. The lowest BCUT2D eigenvalue weighted by Gasteiger charge is -2.36. The zero-order chi connectivity index (χ0) is 17.9. The van der Waals surface area contributed by atoms with Crippen LogP contribution in [-0.4, -0.2) is 49.1 Å². The number of piperazine rings is 1. The second kappa shape index (κ2) is 7.04. The molecular weight excluding hydrogens is 326 g/mol. The first-order chi connectivity index (χ1) is 12.8. The molecule has 3 aromatic rings. The fourth-order valence-electron chi connectivity index (χ4n) is 3.41. The Morgan fingerprint density at radius 2 is 1.73 bits per heavy atom. The van der Waals surface area contributed by atoms with Gasteiger partial charge in [-0.25, -0.2) is 0 Å². The Labute approximate surface area is 152 Å². The summed E-state index contributed by atoms with van der Waals surface area (Å²) in [5.74, 6) is 0.911. The molecule has 0 spiro atoms. The van der Waals surface area contributed by atoms with Crippen LogP contribution in [0, 0.1) is 0 Å². The third-order valence-corrected chi connectivity index (χ3v) is 4.83. The molecule has 0 atom stereocenters. The van der Waals surface area contributed by atoms with Gasteiger partial charge in [0.25, 0.3) is 5.91 Å². The van der Waals surface area contributed by atoms with Crippen molar-refractivity contribution in [3.05, 3.63) is 66.4 Å². The number of benzene rings is 2. The van der Waals surface area contributed by atoms with Crippen molar-refractivity contribution in [3.8, 4) is 5.75 Å². The van der Waals surface area contributed by atoms with Crippen LogP contribution in [0.3, 0.4) is 0 Å². The normalized spacial score (nSPS) is 14.5. The summed E-state index contributed by atoms with van der Waals surface area (Å²) in [4.78, 5) is 21.4. The molecule has 5 nitrogen and oxygen atoms in total. The number of hydrogen-bond donors (Lipinski definition) is 0. The van der Waals surface area contributed by atoms with Gasteiger partial charge in [-0.15, -0.1) is 0 Å². The number of pyridine rings is 1. The molecule has 0 aliphatic carbocycles. The average Bonchev–Trinajstić information content (AvgIpc) is 2.73. The molecule has 1 saturated heterocycles. The third-order valence-electron chi connectivity index (χ3n) is 4.83. The summed E-state index contributed by atoms with van der Waals surface area (Å²) < 4.78 is 5.45. The second-order valence-corrected chi connectivity index (χ2v) is 6.37. The van der Waals surface area contributed by atoms with Crippen LogP contribution < -0.4 is 9.64 Å². The monoisotopic (exact) mass is 347 g/mol. The molecule has 0 saturated carbocycles. The Hall–Kier alpha value is -3.08. The van der Waals surface area contributed by atoms with Crippen LogP contribution in [0.4, 0.5) is 5.69 Å². The smallest absolute Gasteiger partial charge is 0.255 e. The number of hydrogen-bond acceptors (Lipinski definition) is 4. The zero-order valence-corrected chi connectivity index (χ0v) is 14.8. The highest BCUT2D eigenvalue weighted by molar-refractivity contribution is 5.97. The van der Waals surface area contributed by atoms with Gasteiger partial charge in [0.1, 0.15) is 5.75 Å². The van der Waals surface area contributed by atoms with E-state index in [0.29, 0.717) is 18.7 Å². The lowest BCUT2D eigenvalue weighted by Crippen LogP contribution is -2.48. The number of ether oxygens (including phenoxy) is 1. The van der Waals surface area contributed by atoms with Crippen molar-refractivity contribution in [1.29, 1.82) is 0 Å². The van der Waals surface area contributed by atoms with Crippen LogP contribution in [-0.2, 0) is 0 Å². The molecule has 1 amide bonds. The minimum Gasteiger partial charge on any atom is -0.495 e. The summed E-state index contributed by atoms with van der Waals surface area (Å²) in [6.45, 7) is 2.94. The number of nitrogens with zero attached hydrogens (tertiary/aromatic N) is 3. The number of rotatable bonds is 3. The second-order valence-electron chi connectivity index (χ2n) is 6.37. The lowest BCUT2D eigenvalue weighted by atomic mass is 10.1. The molecule has 2 heterocycles. The van der Waals surface area contributed by atoms with Gasteiger partial charge < -0.3 is 14.5 Å². The molecule has 2 aromatic carbocycles. The molecule has 0 N–H and O–H groups in total. The van der Waals surface area contributed by atoms with Crippen LogP contribution >= 0.6 is 0 Å². The average molecular weight is 347 g/mol. The first-order valence-corrected chi connectivity index (χ1v) is 8.78. The molecule has 26 heavy (non-hydrogen) atoms. The van der Waals surface area contributed by atoms with Gasteiger partial charge in [-0.05, 0) is 24.3 Å². The molecule has 1 aliphatic heterocycles. The number of fused-ring (bicyclic) bond motifs is 1. The highest BCUT2D eigenvalue weighted by Crippen LogP contribution is 2.28. The predicted octanol–water partition coefficient (Wildman–Crippen LogP) is 3.21. The van der Waals surface area contributed by atoms with Crippen LogP contribution in [0.5, 0.6) is 5.75 Å². The molecule has 5 heteroatoms. The SMILES string of the molecule is COc1ccccc1N1CCN(C(=O)c2cnc3ccccc3c2)CC1. The maximum atomic E-state index is 12.9. The van der Waals surface area contributed by atoms with E-state index in [0.717, 1.165) is 35.4 Å². The fraction of sp³-hybridized carbons (Fsp3) is 0.238. The van der Waals surface area contributed by atoms with Crippen LogP contribution in [0.15, 0.2) is 60.8 Å². The molecule has 132 valence electrons. The van der Waals surface area contributed by atoms with E-state index in [1.54, 1.807) is 13.3 Å². The molecule has 1 aliphatic rings. The molecule has 0 unspecified atom stereocenters. The number of carbonyl (C=O) groups is 1. The van der Waals surface area contributed by atoms with Crippen molar-refractivity contribution in [1.82, 2.24) is 9.88 Å². The van der Waals surface area contributed by atoms with Gasteiger partial charge in [0.15, 0.2) is 0 Å². The highest BCUT2D eigenvalue weighted by atomic mass is 16.5. The summed E-state index contributed by atoms with van der Waals surface area (Å²) >= 11 is 0. The standard InChI is InChI=1S/C21H21N3O2/c1-26-20-9-5-4-8-19(20)23-10-12-24(13-11-23)21(25)17-14-16-6-2-3-7-18(16)22-15-17/h2-9,14-15H,10-13H2,1H3. The third kappa shape index (κ3) is 3.08. The Bertz CT molecular complexity index is 933. The van der Waals surface area contributed by atoms with Crippen LogP contribution in [0.1, 0.15) is 10.4 Å². The maximum Gasteiger partial charge on any atom is 0.255 e. The minimum absolute atomic E-state index is 0.0444. The summed E-state index contributed by atoms with van der Waals surface area (Å²) in [6, 6.07) is 17.8. The van der Waals surface area contributed by atoms with Gasteiger partial charge in [0, 0.05) is 37.8 Å². The molecule has 0 bridgehead atoms. The summed E-state index contributed by atoms with van der Waals surface area (Å²) in [6.07, 6.45) is 1.68. The Kier molecular flexibility index (Phi) is 4.44. The van der Waals surface area contributed by atoms with E-state index in [4.69, 9.17) is 4.74 Å². The van der Waals surface area contributed by atoms with Crippen molar-refractivity contribution < 1.29 is 9.53 Å². The van der Waals surface area contributed by atoms with E-state index in [-0.39, 0.29) is 5.91 Å². The van der Waals surface area contributed by atoms with Crippen LogP contribution in [0.2, 0.25) is 0 Å². The fourth-order valence-corrected chi connectivity index (χ4v) is 3.41. The van der Waals surface area contributed by atoms with Gasteiger partial charge in [-0.3, -0.25) is 9.78 Å². The van der Waals surface area contributed by atoms with Crippen LogP contribution in [0.25, 0.3) is 10.9 Å². The van der Waals surface area contributed by atoms with Gasteiger partial charge in [-0.2, -0.15) is 0 Å². The minimum atomic E-state index is 0.0444. The largest absolute Gasteiger partial charge is 0.495 e. The lowest BCUT2D eigenvalue weighted by molar-refractivity contribution is 0.0746. The van der Waals surface area contributed by atoms with Gasteiger partial charge in [0.05, 0.1) is 23.9 Å². The first kappa shape index (κ1) is 16.4. The Balaban J connectivity index is 1.47. The van der Waals surface area contributed by atoms with Crippen molar-refractivity contribution in [2.24, 2.45) is 0 Å². The number of methoxy groups -OCH3 is 1. The molecule has 1 fully saturated rings. The number of anilines is 1. The quantitative estimate of drug-likeness (QED) is 0.730. The van der Waals surface area contributed by atoms with Gasteiger partial charge >= 0.3 is 0 Å². The van der Waals surface area contributed by atoms with Gasteiger partial charge in [-0.1, -0.05) is 30.3 Å². The van der Waals surface area contributed by atoms with Crippen molar-refractivity contribution in [3.63, 3.8) is 0 Å². The summed E-state index contributed by atoms with van der Waals surface area (Å²) in [5.41, 5.74) is 2.63. The highest BCUT2D eigenvalue weighted by Gasteiger charge is 2.24. The summed E-state index contributed by atoms with van der Waals surface area (Å²) in [7, 11) is 1.69. The van der Waals surface area contributed by atoms with E-state index in [9.17, 15) is 4.79 Å². The van der Waals surface area contributed by atoms with E-state index in [2.05, 4.69) is 16.0 Å². The number of para-hydroxylation sites is 3. The maximum absolute atomic E-state index is 12.9. The van der Waals surface area contributed by atoms with Gasteiger partial charge in [0.2, 0.25) is 0 Å². The molecule has 0 radical (unpaired) electrons. The Morgan fingerprint density at radius 1 is 1.00 bits per heavy atom. The number of aromatic nitrogens is 1. The van der Waals surface area contributed by atoms with E-state index < -0.39 is 0 Å². The van der Waals surface area contributed by atoms with E-state index >= 15 is 0 Å². The number of amides is 1. The van der Waals surface area contributed by atoms with E-state index in [1.165, 1.54) is 0 Å². The molecule has 1 aromatic heterocycles. The topological polar surface area (TPSA) is 45.7 Å². The van der Waals surface area contributed by atoms with Crippen molar-refractivity contribution in [2.45, 2.75) is 0 Å². The van der Waals surface area contributed by atoms with E-state index in [1.807, 2.05) is 53.4 Å².